The zero-order valence-electron chi connectivity index (χ0n) is 9.78. The largest absolute Gasteiger partial charge is 0.317 e. The highest BCUT2D eigenvalue weighted by molar-refractivity contribution is 5.85. The molecule has 0 amide bonds. The Balaban J connectivity index is 0.00000128. The van der Waals surface area contributed by atoms with Crippen LogP contribution < -0.4 is 5.32 Å². The number of piperidine rings is 1. The van der Waals surface area contributed by atoms with E-state index in [1.165, 1.54) is 18.4 Å². The van der Waals surface area contributed by atoms with Crippen LogP contribution >= 0.6 is 12.4 Å². The molecule has 1 aromatic heterocycles. The number of aromatic nitrogens is 2. The fourth-order valence-corrected chi connectivity index (χ4v) is 2.07. The van der Waals surface area contributed by atoms with Gasteiger partial charge in [0, 0.05) is 18.3 Å². The van der Waals surface area contributed by atoms with Crippen LogP contribution in [0.1, 0.15) is 43.5 Å². The minimum atomic E-state index is 0. The molecule has 0 aliphatic carbocycles. The molecule has 2 heterocycles. The van der Waals surface area contributed by atoms with Crippen molar-refractivity contribution in [2.24, 2.45) is 0 Å². The summed E-state index contributed by atoms with van der Waals surface area (Å²) in [5, 5.41) is 3.36. The third-order valence-electron chi connectivity index (χ3n) is 2.97. The van der Waals surface area contributed by atoms with E-state index >= 15 is 0 Å². The molecular formula is C12H20ClN3. The SMILES string of the molecule is CCCc1cnc(C2CCNCC2)nc1.Cl. The van der Waals surface area contributed by atoms with E-state index in [1.807, 2.05) is 12.4 Å². The van der Waals surface area contributed by atoms with Gasteiger partial charge in [0.05, 0.1) is 0 Å². The van der Waals surface area contributed by atoms with Crippen molar-refractivity contribution in [3.8, 4) is 0 Å². The highest BCUT2D eigenvalue weighted by Gasteiger charge is 2.17. The van der Waals surface area contributed by atoms with E-state index in [1.54, 1.807) is 0 Å². The lowest BCUT2D eigenvalue weighted by atomic mass is 9.97. The molecule has 0 radical (unpaired) electrons. The van der Waals surface area contributed by atoms with E-state index in [-0.39, 0.29) is 12.4 Å². The third-order valence-corrected chi connectivity index (χ3v) is 2.97. The number of nitrogens with zero attached hydrogens (tertiary/aromatic N) is 2. The molecule has 0 aromatic carbocycles. The molecule has 1 fully saturated rings. The van der Waals surface area contributed by atoms with Crippen LogP contribution in [0.15, 0.2) is 12.4 Å². The van der Waals surface area contributed by atoms with Crippen molar-refractivity contribution in [1.82, 2.24) is 15.3 Å². The number of rotatable bonds is 3. The normalized spacial score (nSPS) is 16.8. The van der Waals surface area contributed by atoms with Gasteiger partial charge in [-0.25, -0.2) is 9.97 Å². The lowest BCUT2D eigenvalue weighted by Gasteiger charge is -2.21. The molecule has 0 spiro atoms. The maximum atomic E-state index is 4.48. The Bertz CT molecular complexity index is 294. The predicted molar refractivity (Wildman–Crippen MR) is 68.1 cm³/mol. The second-order valence-electron chi connectivity index (χ2n) is 4.22. The van der Waals surface area contributed by atoms with Crippen LogP contribution in [0.25, 0.3) is 0 Å². The van der Waals surface area contributed by atoms with Gasteiger partial charge < -0.3 is 5.32 Å². The van der Waals surface area contributed by atoms with Crippen molar-refractivity contribution in [3.63, 3.8) is 0 Å². The Kier molecular flexibility index (Phi) is 5.71. The molecule has 0 bridgehead atoms. The summed E-state index contributed by atoms with van der Waals surface area (Å²) < 4.78 is 0. The summed E-state index contributed by atoms with van der Waals surface area (Å²) >= 11 is 0. The molecular weight excluding hydrogens is 222 g/mol. The summed E-state index contributed by atoms with van der Waals surface area (Å²) in [6.45, 7) is 4.39. The van der Waals surface area contributed by atoms with Crippen LogP contribution in [0.5, 0.6) is 0 Å². The van der Waals surface area contributed by atoms with E-state index < -0.39 is 0 Å². The van der Waals surface area contributed by atoms with Crippen molar-refractivity contribution in [2.45, 2.75) is 38.5 Å². The maximum absolute atomic E-state index is 4.48. The summed E-state index contributed by atoms with van der Waals surface area (Å²) in [6, 6.07) is 0. The van der Waals surface area contributed by atoms with Crippen LogP contribution in [0.3, 0.4) is 0 Å². The average molecular weight is 242 g/mol. The summed E-state index contributed by atoms with van der Waals surface area (Å²) in [5.41, 5.74) is 1.26. The van der Waals surface area contributed by atoms with Crippen LogP contribution in [-0.4, -0.2) is 23.1 Å². The molecule has 1 saturated heterocycles. The van der Waals surface area contributed by atoms with Gasteiger partial charge in [-0.3, -0.25) is 0 Å². The van der Waals surface area contributed by atoms with Crippen molar-refractivity contribution in [2.75, 3.05) is 13.1 Å². The average Bonchev–Trinajstić information content (AvgIpc) is 2.32. The molecule has 90 valence electrons. The van der Waals surface area contributed by atoms with Crippen molar-refractivity contribution in [3.05, 3.63) is 23.8 Å². The number of halogens is 1. The quantitative estimate of drug-likeness (QED) is 0.883. The first kappa shape index (κ1) is 13.4. The Labute approximate surface area is 103 Å². The maximum Gasteiger partial charge on any atom is 0.131 e. The van der Waals surface area contributed by atoms with Gasteiger partial charge >= 0.3 is 0 Å². The highest BCUT2D eigenvalue weighted by atomic mass is 35.5. The second-order valence-corrected chi connectivity index (χ2v) is 4.22. The Morgan fingerprint density at radius 3 is 2.44 bits per heavy atom. The molecule has 2 rings (SSSR count). The summed E-state index contributed by atoms with van der Waals surface area (Å²) in [7, 11) is 0. The van der Waals surface area contributed by atoms with Crippen LogP contribution in [0.2, 0.25) is 0 Å². The Morgan fingerprint density at radius 1 is 1.25 bits per heavy atom. The molecule has 1 aromatic rings. The summed E-state index contributed by atoms with van der Waals surface area (Å²) in [6.07, 6.45) is 8.59. The Hall–Kier alpha value is -0.670. The van der Waals surface area contributed by atoms with Gasteiger partial charge in [-0.15, -0.1) is 12.4 Å². The first-order valence-electron chi connectivity index (χ1n) is 5.91. The fourth-order valence-electron chi connectivity index (χ4n) is 2.07. The zero-order valence-corrected chi connectivity index (χ0v) is 10.6. The summed E-state index contributed by atoms with van der Waals surface area (Å²) in [4.78, 5) is 8.96. The monoisotopic (exact) mass is 241 g/mol. The Morgan fingerprint density at radius 2 is 1.88 bits per heavy atom. The molecule has 4 heteroatoms. The van der Waals surface area contributed by atoms with E-state index in [4.69, 9.17) is 0 Å². The van der Waals surface area contributed by atoms with Crippen LogP contribution in [0.4, 0.5) is 0 Å². The summed E-state index contributed by atoms with van der Waals surface area (Å²) in [5.74, 6) is 1.61. The molecule has 1 N–H and O–H groups in total. The molecule has 0 atom stereocenters. The lowest BCUT2D eigenvalue weighted by Crippen LogP contribution is -2.27. The van der Waals surface area contributed by atoms with Crippen LogP contribution in [0, 0.1) is 0 Å². The number of hydrogen-bond donors (Lipinski definition) is 1. The number of aryl methyl sites for hydroxylation is 1. The zero-order chi connectivity index (χ0) is 10.5. The number of hydrogen-bond acceptors (Lipinski definition) is 3. The minimum absolute atomic E-state index is 0. The number of nitrogens with one attached hydrogen (secondary N) is 1. The molecule has 1 aliphatic heterocycles. The second kappa shape index (κ2) is 6.81. The van der Waals surface area contributed by atoms with Gasteiger partial charge in [0.1, 0.15) is 5.82 Å². The van der Waals surface area contributed by atoms with E-state index in [2.05, 4.69) is 22.2 Å². The van der Waals surface area contributed by atoms with Gasteiger partial charge in [-0.05, 0) is 37.9 Å². The fraction of sp³-hybridized carbons (Fsp3) is 0.667. The molecule has 1 aliphatic rings. The minimum Gasteiger partial charge on any atom is -0.317 e. The van der Waals surface area contributed by atoms with E-state index in [9.17, 15) is 0 Å². The van der Waals surface area contributed by atoms with Gasteiger partial charge in [0.2, 0.25) is 0 Å². The predicted octanol–water partition coefficient (Wildman–Crippen LogP) is 2.32. The molecule has 0 unspecified atom stereocenters. The first-order chi connectivity index (χ1) is 7.40. The van der Waals surface area contributed by atoms with E-state index in [0.29, 0.717) is 5.92 Å². The molecule has 3 nitrogen and oxygen atoms in total. The smallest absolute Gasteiger partial charge is 0.131 e. The van der Waals surface area contributed by atoms with Crippen molar-refractivity contribution >= 4 is 12.4 Å². The molecule has 16 heavy (non-hydrogen) atoms. The van der Waals surface area contributed by atoms with Gasteiger partial charge in [0.15, 0.2) is 0 Å². The van der Waals surface area contributed by atoms with Crippen molar-refractivity contribution in [1.29, 1.82) is 0 Å². The first-order valence-corrected chi connectivity index (χ1v) is 5.91. The van der Waals surface area contributed by atoms with Crippen molar-refractivity contribution < 1.29 is 0 Å². The molecule has 0 saturated carbocycles. The van der Waals surface area contributed by atoms with Gasteiger partial charge in [0.25, 0.3) is 0 Å². The lowest BCUT2D eigenvalue weighted by molar-refractivity contribution is 0.444. The van der Waals surface area contributed by atoms with Crippen LogP contribution in [-0.2, 0) is 6.42 Å². The third kappa shape index (κ3) is 3.42. The van der Waals surface area contributed by atoms with Gasteiger partial charge in [-0.1, -0.05) is 13.3 Å². The topological polar surface area (TPSA) is 37.8 Å². The standard InChI is InChI=1S/C12H19N3.ClH/c1-2-3-10-8-14-12(15-9-10)11-4-6-13-7-5-11;/h8-9,11,13H,2-7H2,1H3;1H. The van der Waals surface area contributed by atoms with Gasteiger partial charge in [-0.2, -0.15) is 0 Å². The van der Waals surface area contributed by atoms with E-state index in [0.717, 1.165) is 31.8 Å². The highest BCUT2D eigenvalue weighted by Crippen LogP contribution is 2.21.